The van der Waals surface area contributed by atoms with Crippen LogP contribution in [-0.4, -0.2) is 19.0 Å². The summed E-state index contributed by atoms with van der Waals surface area (Å²) >= 11 is 0. The van der Waals surface area contributed by atoms with Crippen molar-refractivity contribution in [2.45, 2.75) is 64.8 Å². The molecule has 0 heterocycles. The molecule has 0 amide bonds. The summed E-state index contributed by atoms with van der Waals surface area (Å²) in [5, 5.41) is 9.86. The molecule has 1 aromatic carbocycles. The topological polar surface area (TPSA) is 42.2 Å². The van der Waals surface area contributed by atoms with Gasteiger partial charge in [0.1, 0.15) is 0 Å². The van der Waals surface area contributed by atoms with Gasteiger partial charge in [-0.3, -0.25) is 0 Å². The first kappa shape index (κ1) is 17.0. The molecule has 0 spiro atoms. The zero-order valence-corrected chi connectivity index (χ0v) is 13.8. The Kier molecular flexibility index (Phi) is 6.42. The fourth-order valence-corrected chi connectivity index (χ4v) is 3.40. The fourth-order valence-electron chi connectivity index (χ4n) is 3.40. The molecule has 2 atom stereocenters. The van der Waals surface area contributed by atoms with Crippen molar-refractivity contribution in [3.63, 3.8) is 0 Å². The predicted molar refractivity (Wildman–Crippen MR) is 87.2 cm³/mol. The lowest BCUT2D eigenvalue weighted by molar-refractivity contribution is -0.182. The number of nitriles is 1. The van der Waals surface area contributed by atoms with Crippen LogP contribution in [0.5, 0.6) is 0 Å². The lowest BCUT2D eigenvalue weighted by Crippen LogP contribution is -2.41. The molecule has 0 bridgehead atoms. The van der Waals surface area contributed by atoms with Crippen LogP contribution in [0.15, 0.2) is 30.3 Å². The zero-order chi connectivity index (χ0) is 15.8. The van der Waals surface area contributed by atoms with Crippen LogP contribution in [0.4, 0.5) is 0 Å². The molecular weight excluding hydrogens is 274 g/mol. The van der Waals surface area contributed by atoms with Crippen molar-refractivity contribution >= 4 is 0 Å². The smallest absolute Gasteiger partial charge is 0.155 e. The molecule has 3 heteroatoms. The monoisotopic (exact) mass is 301 g/mol. The summed E-state index contributed by atoms with van der Waals surface area (Å²) in [5.41, 5.74) is 0.843. The van der Waals surface area contributed by atoms with Crippen LogP contribution in [0.3, 0.4) is 0 Å². The Morgan fingerprint density at radius 3 is 2.45 bits per heavy atom. The quantitative estimate of drug-likeness (QED) is 0.698. The summed E-state index contributed by atoms with van der Waals surface area (Å²) in [5.74, 6) is 0. The Morgan fingerprint density at radius 2 is 1.86 bits per heavy atom. The maximum absolute atomic E-state index is 9.86. The molecule has 120 valence electrons. The summed E-state index contributed by atoms with van der Waals surface area (Å²) in [6.45, 7) is 4.51. The second-order valence-electron chi connectivity index (χ2n) is 6.17. The normalized spacial score (nSPS) is 20.0. The number of nitrogens with zero attached hydrogens (tertiary/aromatic N) is 1. The van der Waals surface area contributed by atoms with E-state index in [0.29, 0.717) is 6.61 Å². The first-order valence-corrected chi connectivity index (χ1v) is 8.42. The minimum absolute atomic E-state index is 0.109. The van der Waals surface area contributed by atoms with E-state index in [9.17, 15) is 5.26 Å². The lowest BCUT2D eigenvalue weighted by Gasteiger charge is -2.39. The van der Waals surface area contributed by atoms with Gasteiger partial charge in [0.15, 0.2) is 6.29 Å². The van der Waals surface area contributed by atoms with Crippen molar-refractivity contribution in [1.82, 2.24) is 0 Å². The van der Waals surface area contributed by atoms with Crippen LogP contribution in [0.1, 0.15) is 51.5 Å². The van der Waals surface area contributed by atoms with E-state index >= 15 is 0 Å². The van der Waals surface area contributed by atoms with Crippen LogP contribution < -0.4 is 0 Å². The molecule has 1 fully saturated rings. The molecule has 1 aromatic rings. The van der Waals surface area contributed by atoms with Gasteiger partial charge in [0.2, 0.25) is 0 Å². The van der Waals surface area contributed by atoms with E-state index in [1.807, 2.05) is 32.0 Å². The Balaban J connectivity index is 2.18. The molecule has 1 aliphatic rings. The molecule has 3 nitrogen and oxygen atoms in total. The molecule has 0 saturated heterocycles. The highest BCUT2D eigenvalue weighted by Gasteiger charge is 2.41. The number of hydrogen-bond acceptors (Lipinski definition) is 3. The zero-order valence-electron chi connectivity index (χ0n) is 13.8. The maximum atomic E-state index is 9.86. The van der Waals surface area contributed by atoms with Crippen molar-refractivity contribution in [1.29, 1.82) is 5.26 Å². The number of rotatable bonds is 7. The van der Waals surface area contributed by atoms with E-state index in [1.54, 1.807) is 0 Å². The second kappa shape index (κ2) is 8.31. The Labute approximate surface area is 134 Å². The Morgan fingerprint density at radius 1 is 1.18 bits per heavy atom. The largest absolute Gasteiger partial charge is 0.353 e. The average molecular weight is 301 g/mol. The summed E-state index contributed by atoms with van der Waals surface area (Å²) in [6, 6.07) is 12.9. The van der Waals surface area contributed by atoms with E-state index in [2.05, 4.69) is 18.2 Å². The number of ether oxygens (including phenoxy) is 2. The highest BCUT2D eigenvalue weighted by molar-refractivity contribution is 5.18. The number of benzene rings is 1. The molecule has 2 unspecified atom stereocenters. The molecule has 22 heavy (non-hydrogen) atoms. The molecule has 1 aliphatic carbocycles. The molecule has 2 rings (SSSR count). The summed E-state index contributed by atoms with van der Waals surface area (Å²) < 4.78 is 11.7. The number of hydrogen-bond donors (Lipinski definition) is 0. The third-order valence-electron chi connectivity index (χ3n) is 4.61. The highest BCUT2D eigenvalue weighted by atomic mass is 16.7. The Hall–Kier alpha value is -1.37. The van der Waals surface area contributed by atoms with Crippen LogP contribution in [-0.2, 0) is 15.9 Å². The van der Waals surface area contributed by atoms with Gasteiger partial charge < -0.3 is 9.47 Å². The third kappa shape index (κ3) is 4.32. The third-order valence-corrected chi connectivity index (χ3v) is 4.61. The standard InChI is InChI=1S/C19H27NO2/c1-3-21-16(2)22-18(14-17-10-6-4-7-11-17)19(15-20)12-8-5-9-13-19/h4,6-7,10-11,16,18H,3,5,8-9,12-14H2,1-2H3. The molecule has 0 N–H and O–H groups in total. The molecule has 0 aliphatic heterocycles. The van der Waals surface area contributed by atoms with E-state index in [4.69, 9.17) is 9.47 Å². The van der Waals surface area contributed by atoms with Crippen molar-refractivity contribution in [3.05, 3.63) is 35.9 Å². The van der Waals surface area contributed by atoms with Gasteiger partial charge in [0.05, 0.1) is 17.6 Å². The molecular formula is C19H27NO2. The average Bonchev–Trinajstić information content (AvgIpc) is 2.56. The molecule has 0 radical (unpaired) electrons. The van der Waals surface area contributed by atoms with E-state index in [-0.39, 0.29) is 17.8 Å². The van der Waals surface area contributed by atoms with Gasteiger partial charge in [-0.2, -0.15) is 5.26 Å². The van der Waals surface area contributed by atoms with Gasteiger partial charge in [0.25, 0.3) is 0 Å². The Bertz CT molecular complexity index is 474. The lowest BCUT2D eigenvalue weighted by atomic mass is 9.70. The summed E-state index contributed by atoms with van der Waals surface area (Å²) in [6.07, 6.45) is 5.71. The first-order valence-electron chi connectivity index (χ1n) is 8.42. The summed E-state index contributed by atoms with van der Waals surface area (Å²) in [4.78, 5) is 0. The second-order valence-corrected chi connectivity index (χ2v) is 6.17. The van der Waals surface area contributed by atoms with Gasteiger partial charge in [-0.15, -0.1) is 0 Å². The van der Waals surface area contributed by atoms with Gasteiger partial charge in [0, 0.05) is 13.0 Å². The van der Waals surface area contributed by atoms with Crippen LogP contribution in [0.25, 0.3) is 0 Å². The van der Waals surface area contributed by atoms with Crippen molar-refractivity contribution in [2.24, 2.45) is 5.41 Å². The minimum Gasteiger partial charge on any atom is -0.353 e. The maximum Gasteiger partial charge on any atom is 0.155 e. The SMILES string of the molecule is CCOC(C)OC(Cc1ccccc1)C1(C#N)CCCCC1. The van der Waals surface area contributed by atoms with Crippen molar-refractivity contribution in [2.75, 3.05) is 6.61 Å². The van der Waals surface area contributed by atoms with Gasteiger partial charge in [-0.25, -0.2) is 0 Å². The molecule has 1 saturated carbocycles. The summed E-state index contributed by atoms with van der Waals surface area (Å²) in [7, 11) is 0. The first-order chi connectivity index (χ1) is 10.7. The van der Waals surface area contributed by atoms with Crippen LogP contribution >= 0.6 is 0 Å². The van der Waals surface area contributed by atoms with Crippen LogP contribution in [0, 0.1) is 16.7 Å². The molecule has 0 aromatic heterocycles. The van der Waals surface area contributed by atoms with E-state index in [1.165, 1.54) is 12.0 Å². The van der Waals surface area contributed by atoms with E-state index in [0.717, 1.165) is 32.1 Å². The van der Waals surface area contributed by atoms with E-state index < -0.39 is 0 Å². The highest BCUT2D eigenvalue weighted by Crippen LogP contribution is 2.41. The van der Waals surface area contributed by atoms with Gasteiger partial charge in [-0.05, 0) is 32.3 Å². The van der Waals surface area contributed by atoms with Crippen molar-refractivity contribution in [3.8, 4) is 6.07 Å². The predicted octanol–water partition coefficient (Wildman–Crippen LogP) is 4.47. The van der Waals surface area contributed by atoms with Crippen LogP contribution in [0.2, 0.25) is 0 Å². The van der Waals surface area contributed by atoms with Gasteiger partial charge >= 0.3 is 0 Å². The fraction of sp³-hybridized carbons (Fsp3) is 0.632. The minimum atomic E-state index is -0.376. The van der Waals surface area contributed by atoms with Crippen molar-refractivity contribution < 1.29 is 9.47 Å². The van der Waals surface area contributed by atoms with Gasteiger partial charge in [-0.1, -0.05) is 49.6 Å².